The molecule has 0 radical (unpaired) electrons. The van der Waals surface area contributed by atoms with Gasteiger partial charge >= 0.3 is 6.09 Å². The van der Waals surface area contributed by atoms with Crippen LogP contribution in [-0.2, 0) is 4.74 Å². The monoisotopic (exact) mass is 482 g/mol. The van der Waals surface area contributed by atoms with E-state index in [1.807, 2.05) is 50.3 Å². The topological polar surface area (TPSA) is 49.9 Å². The first-order valence-electron chi connectivity index (χ1n) is 7.93. The third kappa shape index (κ3) is 4.97. The largest absolute Gasteiger partial charge is 0.444 e. The van der Waals surface area contributed by atoms with Crippen LogP contribution in [0, 0.1) is 9.39 Å². The number of ether oxygens (including phenoxy) is 1. The number of benzene rings is 1. The Bertz CT molecular complexity index is 693. The molecule has 1 aliphatic heterocycles. The smallest absolute Gasteiger partial charge is 0.410 e. The number of halogens is 3. The highest BCUT2D eigenvalue weighted by Gasteiger charge is 2.33. The van der Waals surface area contributed by atoms with E-state index in [1.54, 1.807) is 9.80 Å². The Morgan fingerprint density at radius 1 is 1.32 bits per heavy atom. The second kappa shape index (κ2) is 7.65. The zero-order valence-electron chi connectivity index (χ0n) is 14.6. The molecule has 25 heavy (non-hydrogen) atoms. The van der Waals surface area contributed by atoms with Gasteiger partial charge in [0.15, 0.2) is 0 Å². The van der Waals surface area contributed by atoms with E-state index in [4.69, 9.17) is 16.3 Å². The lowest BCUT2D eigenvalue weighted by molar-refractivity contribution is 0.00617. The highest BCUT2D eigenvalue weighted by atomic mass is 127. The summed E-state index contributed by atoms with van der Waals surface area (Å²) in [6.07, 6.45) is -0.388. The number of rotatable bonds is 1. The van der Waals surface area contributed by atoms with E-state index in [9.17, 15) is 14.0 Å². The zero-order valence-corrected chi connectivity index (χ0v) is 17.5. The van der Waals surface area contributed by atoms with E-state index >= 15 is 0 Å². The predicted molar refractivity (Wildman–Crippen MR) is 102 cm³/mol. The third-order valence-corrected chi connectivity index (χ3v) is 4.92. The summed E-state index contributed by atoms with van der Waals surface area (Å²) >= 11 is 7.87. The molecular weight excluding hydrogens is 462 g/mol. The molecule has 1 unspecified atom stereocenters. The van der Waals surface area contributed by atoms with Crippen LogP contribution in [0.2, 0.25) is 5.02 Å². The summed E-state index contributed by atoms with van der Waals surface area (Å²) in [6, 6.07) is 2.40. The minimum Gasteiger partial charge on any atom is -0.444 e. The van der Waals surface area contributed by atoms with Crippen molar-refractivity contribution in [1.82, 2.24) is 9.80 Å². The maximum Gasteiger partial charge on any atom is 0.410 e. The molecule has 1 aliphatic rings. The van der Waals surface area contributed by atoms with Crippen LogP contribution in [0.3, 0.4) is 0 Å². The Balaban J connectivity index is 2.10. The zero-order chi connectivity index (χ0) is 18.9. The Kier molecular flexibility index (Phi) is 6.19. The minimum atomic E-state index is -0.564. The summed E-state index contributed by atoms with van der Waals surface area (Å²) < 4.78 is 19.3. The standard InChI is InChI=1S/C17H21ClFIN2O3/c1-10-9-21(16(24)25-17(2,3)4)5-6-22(10)15(23)11-7-14(20)13(19)8-12(11)18/h7-8,10H,5-6,9H2,1-4H3. The van der Waals surface area contributed by atoms with Crippen LogP contribution in [0.15, 0.2) is 12.1 Å². The van der Waals surface area contributed by atoms with E-state index in [-0.39, 0.29) is 28.6 Å². The molecule has 0 aromatic heterocycles. The maximum atomic E-state index is 13.5. The van der Waals surface area contributed by atoms with Crippen molar-refractivity contribution in [2.24, 2.45) is 0 Å². The summed E-state index contributed by atoms with van der Waals surface area (Å²) in [4.78, 5) is 28.2. The highest BCUT2D eigenvalue weighted by Crippen LogP contribution is 2.25. The summed E-state index contributed by atoms with van der Waals surface area (Å²) in [5.74, 6) is -0.718. The predicted octanol–water partition coefficient (Wildman–Crippen LogP) is 4.17. The number of hydrogen-bond donors (Lipinski definition) is 0. The summed E-state index contributed by atoms with van der Waals surface area (Å²) in [6.45, 7) is 8.41. The van der Waals surface area contributed by atoms with Gasteiger partial charge in [-0.05, 0) is 62.4 Å². The lowest BCUT2D eigenvalue weighted by Gasteiger charge is -2.40. The van der Waals surface area contributed by atoms with Gasteiger partial charge in [0.1, 0.15) is 11.4 Å². The van der Waals surface area contributed by atoms with Gasteiger partial charge in [0.2, 0.25) is 0 Å². The quantitative estimate of drug-likeness (QED) is 0.446. The van der Waals surface area contributed by atoms with Crippen LogP contribution >= 0.6 is 34.2 Å². The number of piperazine rings is 1. The second-order valence-corrected chi connectivity index (χ2v) is 8.59. The molecule has 2 amide bonds. The fraction of sp³-hybridized carbons (Fsp3) is 0.529. The molecule has 138 valence electrons. The molecule has 0 saturated carbocycles. The van der Waals surface area contributed by atoms with Crippen molar-refractivity contribution in [1.29, 1.82) is 0 Å². The molecule has 8 heteroatoms. The van der Waals surface area contributed by atoms with Gasteiger partial charge in [0.05, 0.1) is 10.6 Å². The van der Waals surface area contributed by atoms with Crippen molar-refractivity contribution in [2.45, 2.75) is 39.3 Å². The Labute approximate surface area is 165 Å². The normalized spacial score (nSPS) is 18.3. The molecule has 0 N–H and O–H groups in total. The van der Waals surface area contributed by atoms with Gasteiger partial charge in [-0.25, -0.2) is 9.18 Å². The summed E-state index contributed by atoms with van der Waals surface area (Å²) in [5.41, 5.74) is -0.295. The molecule has 1 heterocycles. The molecule has 1 aromatic rings. The molecule has 1 aromatic carbocycles. The SMILES string of the molecule is CC1CN(C(=O)OC(C)(C)C)CCN1C(=O)c1cc(I)c(F)cc1Cl. The van der Waals surface area contributed by atoms with Crippen LogP contribution in [-0.4, -0.2) is 53.1 Å². The molecule has 2 rings (SSSR count). The molecule has 1 atom stereocenters. The number of nitrogens with zero attached hydrogens (tertiary/aromatic N) is 2. The molecule has 1 fully saturated rings. The van der Waals surface area contributed by atoms with Crippen LogP contribution in [0.4, 0.5) is 9.18 Å². The van der Waals surface area contributed by atoms with Crippen molar-refractivity contribution >= 4 is 46.2 Å². The molecule has 0 bridgehead atoms. The van der Waals surface area contributed by atoms with Crippen molar-refractivity contribution < 1.29 is 18.7 Å². The van der Waals surface area contributed by atoms with Crippen LogP contribution in [0.25, 0.3) is 0 Å². The van der Waals surface area contributed by atoms with Gasteiger partial charge in [-0.1, -0.05) is 11.6 Å². The van der Waals surface area contributed by atoms with Crippen LogP contribution in [0.5, 0.6) is 0 Å². The first-order valence-corrected chi connectivity index (χ1v) is 9.38. The van der Waals surface area contributed by atoms with Gasteiger partial charge in [-0.3, -0.25) is 4.79 Å². The van der Waals surface area contributed by atoms with Crippen molar-refractivity contribution in [2.75, 3.05) is 19.6 Å². The molecule has 5 nitrogen and oxygen atoms in total. The number of hydrogen-bond acceptors (Lipinski definition) is 3. The second-order valence-electron chi connectivity index (χ2n) is 7.02. The first kappa shape index (κ1) is 20.2. The van der Waals surface area contributed by atoms with Gasteiger partial charge in [0, 0.05) is 29.2 Å². The average Bonchev–Trinajstić information content (AvgIpc) is 2.48. The van der Waals surface area contributed by atoms with E-state index in [0.717, 1.165) is 6.07 Å². The Hall–Kier alpha value is -1.09. The van der Waals surface area contributed by atoms with E-state index in [0.29, 0.717) is 23.2 Å². The molecular formula is C17H21ClFIN2O3. The van der Waals surface area contributed by atoms with E-state index < -0.39 is 11.4 Å². The minimum absolute atomic E-state index is 0.0877. The molecule has 0 aliphatic carbocycles. The van der Waals surface area contributed by atoms with Crippen LogP contribution in [0.1, 0.15) is 38.1 Å². The fourth-order valence-electron chi connectivity index (χ4n) is 2.59. The van der Waals surface area contributed by atoms with Gasteiger partial charge < -0.3 is 14.5 Å². The van der Waals surface area contributed by atoms with Crippen molar-refractivity contribution in [3.05, 3.63) is 32.1 Å². The Morgan fingerprint density at radius 3 is 2.52 bits per heavy atom. The molecule has 1 saturated heterocycles. The van der Waals surface area contributed by atoms with E-state index in [1.165, 1.54) is 6.07 Å². The number of carbonyl (C=O) groups excluding carboxylic acids is 2. The molecule has 0 spiro atoms. The van der Waals surface area contributed by atoms with Crippen molar-refractivity contribution in [3.63, 3.8) is 0 Å². The maximum absolute atomic E-state index is 13.5. The van der Waals surface area contributed by atoms with Gasteiger partial charge in [0.25, 0.3) is 5.91 Å². The van der Waals surface area contributed by atoms with E-state index in [2.05, 4.69) is 0 Å². The van der Waals surface area contributed by atoms with Crippen molar-refractivity contribution in [3.8, 4) is 0 Å². The number of carbonyl (C=O) groups is 2. The highest BCUT2D eigenvalue weighted by molar-refractivity contribution is 14.1. The summed E-state index contributed by atoms with van der Waals surface area (Å²) in [5, 5.41) is 0.0877. The average molecular weight is 483 g/mol. The lowest BCUT2D eigenvalue weighted by Crippen LogP contribution is -2.56. The third-order valence-electron chi connectivity index (χ3n) is 3.78. The van der Waals surface area contributed by atoms with Gasteiger partial charge in [-0.15, -0.1) is 0 Å². The van der Waals surface area contributed by atoms with Crippen LogP contribution < -0.4 is 0 Å². The summed E-state index contributed by atoms with van der Waals surface area (Å²) in [7, 11) is 0. The Morgan fingerprint density at radius 2 is 1.96 bits per heavy atom. The first-order chi connectivity index (χ1) is 11.5. The fourth-order valence-corrected chi connectivity index (χ4v) is 3.29. The lowest BCUT2D eigenvalue weighted by atomic mass is 10.1. The number of amides is 2. The van der Waals surface area contributed by atoms with Gasteiger partial charge in [-0.2, -0.15) is 0 Å².